The highest BCUT2D eigenvalue weighted by Gasteiger charge is 2.34. The van der Waals surface area contributed by atoms with Gasteiger partial charge in [-0.1, -0.05) is 48.5 Å². The maximum absolute atomic E-state index is 11.6. The Kier molecular flexibility index (Phi) is 6.23. The molecule has 138 valence electrons. The van der Waals surface area contributed by atoms with Crippen LogP contribution in [-0.2, 0) is 13.0 Å². The lowest BCUT2D eigenvalue weighted by Gasteiger charge is -2.42. The Morgan fingerprint density at radius 2 is 1.88 bits per heavy atom. The molecule has 2 aromatic rings. The molecule has 1 fully saturated rings. The molecule has 2 aromatic carbocycles. The fourth-order valence-corrected chi connectivity index (χ4v) is 4.06. The van der Waals surface area contributed by atoms with Crippen LogP contribution in [0.4, 0.5) is 0 Å². The molecule has 0 amide bonds. The molecule has 3 rings (SSSR count). The molecule has 1 atom stereocenters. The number of piperidine rings is 1. The third-order valence-electron chi connectivity index (χ3n) is 5.60. The van der Waals surface area contributed by atoms with E-state index in [-0.39, 0.29) is 17.8 Å². The number of carbonyl (C=O) groups is 1. The molecule has 1 aliphatic rings. The Hall–Kier alpha value is -1.97. The number of hydrogen-bond acceptors (Lipinski definition) is 3. The van der Waals surface area contributed by atoms with Crippen molar-refractivity contribution in [2.24, 2.45) is 5.41 Å². The molecule has 1 N–H and O–H groups in total. The summed E-state index contributed by atoms with van der Waals surface area (Å²) in [7, 11) is 0. The first-order valence-electron chi connectivity index (χ1n) is 9.57. The second kappa shape index (κ2) is 8.61. The van der Waals surface area contributed by atoms with Crippen molar-refractivity contribution in [2.45, 2.75) is 39.2 Å². The van der Waals surface area contributed by atoms with Crippen molar-refractivity contribution < 1.29 is 9.90 Å². The van der Waals surface area contributed by atoms with Crippen LogP contribution in [0.15, 0.2) is 54.6 Å². The summed E-state index contributed by atoms with van der Waals surface area (Å²) in [6.45, 7) is 4.66. The summed E-state index contributed by atoms with van der Waals surface area (Å²) < 4.78 is 0. The van der Waals surface area contributed by atoms with E-state index >= 15 is 0 Å². The number of aliphatic hydroxyl groups excluding tert-OH is 1. The smallest absolute Gasteiger partial charge is 0.159 e. The fourth-order valence-electron chi connectivity index (χ4n) is 4.06. The third-order valence-corrected chi connectivity index (χ3v) is 5.60. The molecule has 1 saturated heterocycles. The summed E-state index contributed by atoms with van der Waals surface area (Å²) in [6.07, 6.45) is 4.22. The molecule has 1 unspecified atom stereocenters. The highest BCUT2D eigenvalue weighted by molar-refractivity contribution is 5.94. The van der Waals surface area contributed by atoms with Gasteiger partial charge < -0.3 is 5.11 Å². The normalized spacial score (nSPS) is 20.8. The molecule has 3 heteroatoms. The first-order chi connectivity index (χ1) is 12.6. The van der Waals surface area contributed by atoms with Gasteiger partial charge in [-0.25, -0.2) is 0 Å². The van der Waals surface area contributed by atoms with Gasteiger partial charge in [0, 0.05) is 30.7 Å². The number of aliphatic hydroxyl groups is 1. The molecular weight excluding hydrogens is 322 g/mol. The predicted octanol–water partition coefficient (Wildman–Crippen LogP) is 4.10. The Morgan fingerprint density at radius 3 is 2.62 bits per heavy atom. The number of hydrogen-bond donors (Lipinski definition) is 1. The molecule has 26 heavy (non-hydrogen) atoms. The summed E-state index contributed by atoms with van der Waals surface area (Å²) in [5, 5.41) is 10.1. The minimum atomic E-state index is -0.0216. The van der Waals surface area contributed by atoms with E-state index in [0.29, 0.717) is 0 Å². The Morgan fingerprint density at radius 1 is 1.12 bits per heavy atom. The van der Waals surface area contributed by atoms with Crippen LogP contribution in [0.5, 0.6) is 0 Å². The van der Waals surface area contributed by atoms with Crippen molar-refractivity contribution in [1.82, 2.24) is 4.90 Å². The van der Waals surface area contributed by atoms with Crippen molar-refractivity contribution in [2.75, 3.05) is 19.7 Å². The number of ketones is 1. The predicted molar refractivity (Wildman–Crippen MR) is 105 cm³/mol. The molecule has 0 spiro atoms. The molecule has 1 heterocycles. The topological polar surface area (TPSA) is 40.5 Å². The van der Waals surface area contributed by atoms with Crippen LogP contribution in [0.25, 0.3) is 0 Å². The Balaban J connectivity index is 1.65. The highest BCUT2D eigenvalue weighted by Crippen LogP contribution is 2.35. The lowest BCUT2D eigenvalue weighted by molar-refractivity contribution is 0.0224. The standard InChI is InChI=1S/C23H29NO2/c1-19(26)22-10-5-9-21(15-22)16-24-14-6-12-23(17-24,18-25)13-11-20-7-3-2-4-8-20/h2-5,7-10,15,25H,6,11-14,16-18H2,1H3. The van der Waals surface area contributed by atoms with Gasteiger partial charge in [0.2, 0.25) is 0 Å². The summed E-state index contributed by atoms with van der Waals surface area (Å²) >= 11 is 0. The van der Waals surface area contributed by atoms with Crippen LogP contribution >= 0.6 is 0 Å². The molecule has 3 nitrogen and oxygen atoms in total. The van der Waals surface area contributed by atoms with Crippen LogP contribution in [0.3, 0.4) is 0 Å². The van der Waals surface area contributed by atoms with Crippen LogP contribution in [0, 0.1) is 5.41 Å². The van der Waals surface area contributed by atoms with Gasteiger partial charge in [-0.05, 0) is 56.3 Å². The average molecular weight is 351 g/mol. The zero-order chi connectivity index (χ0) is 18.4. The summed E-state index contributed by atoms with van der Waals surface area (Å²) in [4.78, 5) is 14.0. The fraction of sp³-hybridized carbons (Fsp3) is 0.435. The number of likely N-dealkylation sites (tertiary alicyclic amines) is 1. The second-order valence-electron chi connectivity index (χ2n) is 7.71. The second-order valence-corrected chi connectivity index (χ2v) is 7.71. The maximum atomic E-state index is 11.6. The van der Waals surface area contributed by atoms with E-state index in [9.17, 15) is 9.90 Å². The van der Waals surface area contributed by atoms with Gasteiger partial charge in [0.15, 0.2) is 5.78 Å². The number of carbonyl (C=O) groups excluding carboxylic acids is 1. The van der Waals surface area contributed by atoms with Crippen molar-refractivity contribution in [1.29, 1.82) is 0 Å². The van der Waals surface area contributed by atoms with Gasteiger partial charge in [0.25, 0.3) is 0 Å². The van der Waals surface area contributed by atoms with Gasteiger partial charge in [0.05, 0.1) is 0 Å². The van der Waals surface area contributed by atoms with Gasteiger partial charge in [0.1, 0.15) is 0 Å². The summed E-state index contributed by atoms with van der Waals surface area (Å²) in [5.74, 6) is 0.109. The lowest BCUT2D eigenvalue weighted by Crippen LogP contribution is -2.45. The van der Waals surface area contributed by atoms with E-state index < -0.39 is 0 Å². The molecular formula is C23H29NO2. The largest absolute Gasteiger partial charge is 0.396 e. The van der Waals surface area contributed by atoms with Crippen LogP contribution in [-0.4, -0.2) is 35.5 Å². The van der Waals surface area contributed by atoms with Crippen molar-refractivity contribution in [3.63, 3.8) is 0 Å². The van der Waals surface area contributed by atoms with Gasteiger partial charge in [-0.15, -0.1) is 0 Å². The number of benzene rings is 2. The van der Waals surface area contributed by atoms with E-state index in [0.717, 1.165) is 50.9 Å². The van der Waals surface area contributed by atoms with Gasteiger partial charge in [-0.2, -0.15) is 0 Å². The SMILES string of the molecule is CC(=O)c1cccc(CN2CCCC(CO)(CCc3ccccc3)C2)c1. The Labute approximate surface area is 156 Å². The molecule has 0 bridgehead atoms. The Bertz CT molecular complexity index is 728. The molecule has 0 aliphatic carbocycles. The van der Waals surface area contributed by atoms with E-state index in [1.807, 2.05) is 24.3 Å². The highest BCUT2D eigenvalue weighted by atomic mass is 16.3. The molecule has 0 aromatic heterocycles. The zero-order valence-corrected chi connectivity index (χ0v) is 15.7. The third kappa shape index (κ3) is 4.80. The van der Waals surface area contributed by atoms with Crippen LogP contribution < -0.4 is 0 Å². The number of nitrogens with zero attached hydrogens (tertiary/aromatic N) is 1. The van der Waals surface area contributed by atoms with Gasteiger partial charge in [-0.3, -0.25) is 9.69 Å². The number of aryl methyl sites for hydroxylation is 1. The molecule has 0 radical (unpaired) electrons. The van der Waals surface area contributed by atoms with E-state index in [1.165, 1.54) is 11.1 Å². The van der Waals surface area contributed by atoms with Crippen LogP contribution in [0.1, 0.15) is 47.7 Å². The first-order valence-corrected chi connectivity index (χ1v) is 9.57. The number of rotatable bonds is 7. The number of Topliss-reactive ketones (excluding diaryl/α,β-unsaturated/α-hetero) is 1. The van der Waals surface area contributed by atoms with Gasteiger partial charge >= 0.3 is 0 Å². The van der Waals surface area contributed by atoms with Crippen LogP contribution in [0.2, 0.25) is 0 Å². The summed E-state index contributed by atoms with van der Waals surface area (Å²) in [6, 6.07) is 18.5. The minimum Gasteiger partial charge on any atom is -0.396 e. The molecule has 0 saturated carbocycles. The van der Waals surface area contributed by atoms with E-state index in [1.54, 1.807) is 6.92 Å². The van der Waals surface area contributed by atoms with Crippen molar-refractivity contribution in [3.8, 4) is 0 Å². The minimum absolute atomic E-state index is 0.0216. The van der Waals surface area contributed by atoms with E-state index in [4.69, 9.17) is 0 Å². The zero-order valence-electron chi connectivity index (χ0n) is 15.7. The monoisotopic (exact) mass is 351 g/mol. The maximum Gasteiger partial charge on any atom is 0.159 e. The summed E-state index contributed by atoms with van der Waals surface area (Å²) in [5.41, 5.74) is 3.27. The quantitative estimate of drug-likeness (QED) is 0.764. The van der Waals surface area contributed by atoms with E-state index in [2.05, 4.69) is 35.2 Å². The van der Waals surface area contributed by atoms with Crippen molar-refractivity contribution in [3.05, 3.63) is 71.3 Å². The lowest BCUT2D eigenvalue weighted by atomic mass is 9.76. The first kappa shape index (κ1) is 18.8. The van der Waals surface area contributed by atoms with Crippen molar-refractivity contribution >= 4 is 5.78 Å². The molecule has 1 aliphatic heterocycles. The average Bonchev–Trinajstić information content (AvgIpc) is 2.68.